The Kier molecular flexibility index (Phi) is 11.5. The predicted molar refractivity (Wildman–Crippen MR) is 195 cm³/mol. The van der Waals surface area contributed by atoms with Gasteiger partial charge in [0.15, 0.2) is 0 Å². The maximum Gasteiger partial charge on any atom is 0.411 e. The van der Waals surface area contributed by atoms with Gasteiger partial charge in [-0.05, 0) is 89.0 Å². The highest BCUT2D eigenvalue weighted by Gasteiger charge is 2.74. The normalized spacial score (nSPS) is 12.8. The summed E-state index contributed by atoms with van der Waals surface area (Å²) < 4.78 is 177. The number of amides is 2. The number of carbonyl (C=O) groups is 2. The maximum absolute atomic E-state index is 14.8. The Bertz CT molecular complexity index is 2470. The van der Waals surface area contributed by atoms with Crippen molar-refractivity contribution in [2.75, 3.05) is 28.7 Å². The molecule has 10 nitrogen and oxygen atoms in total. The number of hydrogen-bond donors (Lipinski definition) is 8. The van der Waals surface area contributed by atoms with Gasteiger partial charge in [-0.1, -0.05) is 30.3 Å². The first kappa shape index (κ1) is 45.1. The SMILES string of the molecule is CNc1cc(C(c2ccc(O)c(NC(=O)c3cccc(C(=O)Nc4cc(C(c5ccc(O)c(N)c5)(C(F)(F)F)C(F)(F)F)ccc4O)c3)c2)(C(F)(F)F)C(F)(F)F)ccc1O. The fourth-order valence-electron chi connectivity index (χ4n) is 6.65. The molecule has 0 aliphatic heterocycles. The van der Waals surface area contributed by atoms with E-state index in [1.807, 2.05) is 10.6 Å². The van der Waals surface area contributed by atoms with Crippen LogP contribution in [-0.2, 0) is 10.8 Å². The van der Waals surface area contributed by atoms with E-state index in [2.05, 4.69) is 5.32 Å². The Morgan fingerprint density at radius 3 is 1.10 bits per heavy atom. The number of benzene rings is 5. The third kappa shape index (κ3) is 7.79. The molecule has 0 atom stereocenters. The van der Waals surface area contributed by atoms with Crippen LogP contribution in [0.5, 0.6) is 23.0 Å². The molecule has 324 valence electrons. The molecule has 22 heteroatoms. The third-order valence-corrected chi connectivity index (χ3v) is 9.60. The number of aromatic hydroxyl groups is 4. The predicted octanol–water partition coefficient (Wildman–Crippen LogP) is 9.46. The van der Waals surface area contributed by atoms with Crippen molar-refractivity contribution in [3.05, 3.63) is 130 Å². The minimum absolute atomic E-state index is 0.170. The lowest BCUT2D eigenvalue weighted by Crippen LogP contribution is -2.54. The van der Waals surface area contributed by atoms with E-state index in [9.17, 15) is 82.7 Å². The van der Waals surface area contributed by atoms with Crippen LogP contribution < -0.4 is 21.7 Å². The summed E-state index contributed by atoms with van der Waals surface area (Å²) in [5.41, 5.74) is -14.7. The van der Waals surface area contributed by atoms with E-state index in [0.717, 1.165) is 31.3 Å². The first-order chi connectivity index (χ1) is 28.1. The second-order valence-electron chi connectivity index (χ2n) is 13.2. The highest BCUT2D eigenvalue weighted by Crippen LogP contribution is 2.59. The highest BCUT2D eigenvalue weighted by atomic mass is 19.4. The maximum atomic E-state index is 14.8. The van der Waals surface area contributed by atoms with Gasteiger partial charge in [0, 0.05) is 18.2 Å². The Labute approximate surface area is 334 Å². The molecule has 0 aliphatic rings. The van der Waals surface area contributed by atoms with E-state index < -0.39 is 126 Å². The van der Waals surface area contributed by atoms with Gasteiger partial charge in [0.25, 0.3) is 11.8 Å². The molecule has 0 aromatic heterocycles. The molecule has 0 saturated carbocycles. The Balaban J connectivity index is 1.51. The molecule has 5 aromatic rings. The largest absolute Gasteiger partial charge is 0.506 e. The molecular formula is C39H28F12N4O6. The molecule has 61 heavy (non-hydrogen) atoms. The number of phenols is 4. The summed E-state index contributed by atoms with van der Waals surface area (Å²) >= 11 is 0. The van der Waals surface area contributed by atoms with Gasteiger partial charge in [0.2, 0.25) is 10.8 Å². The summed E-state index contributed by atoms with van der Waals surface area (Å²) in [6.07, 6.45) is -24.6. The highest BCUT2D eigenvalue weighted by molar-refractivity contribution is 6.09. The van der Waals surface area contributed by atoms with Crippen LogP contribution in [-0.4, -0.2) is 64.0 Å². The number of phenolic OH excluding ortho intramolecular Hbond substituents is 4. The summed E-state index contributed by atoms with van der Waals surface area (Å²) in [5, 5.41) is 46.6. The number of nitrogens with two attached hydrogens (primary N) is 1. The van der Waals surface area contributed by atoms with E-state index >= 15 is 0 Å². The van der Waals surface area contributed by atoms with Crippen LogP contribution in [0.2, 0.25) is 0 Å². The Hall–Kier alpha value is -7.00. The Morgan fingerprint density at radius 1 is 0.459 bits per heavy atom. The second kappa shape index (κ2) is 15.6. The lowest BCUT2D eigenvalue weighted by molar-refractivity contribution is -0.290. The van der Waals surface area contributed by atoms with Gasteiger partial charge >= 0.3 is 24.7 Å². The van der Waals surface area contributed by atoms with Crippen molar-refractivity contribution in [2.45, 2.75) is 35.5 Å². The molecule has 9 N–H and O–H groups in total. The van der Waals surface area contributed by atoms with Crippen LogP contribution in [0.4, 0.5) is 75.4 Å². The van der Waals surface area contributed by atoms with Crippen LogP contribution in [0.1, 0.15) is 43.0 Å². The van der Waals surface area contributed by atoms with Crippen LogP contribution in [0.3, 0.4) is 0 Å². The number of alkyl halides is 12. The molecule has 0 aliphatic carbocycles. The van der Waals surface area contributed by atoms with E-state index in [1.165, 1.54) is 0 Å². The summed E-state index contributed by atoms with van der Waals surface area (Å²) in [7, 11) is 1.12. The zero-order valence-corrected chi connectivity index (χ0v) is 30.5. The summed E-state index contributed by atoms with van der Waals surface area (Å²) in [5.74, 6) is -6.29. The van der Waals surface area contributed by atoms with Gasteiger partial charge in [-0.15, -0.1) is 0 Å². The molecule has 5 aromatic carbocycles. The fourth-order valence-corrected chi connectivity index (χ4v) is 6.65. The number of nitrogens with one attached hydrogen (secondary N) is 3. The molecule has 0 bridgehead atoms. The monoisotopic (exact) mass is 876 g/mol. The number of rotatable bonds is 9. The van der Waals surface area contributed by atoms with Crippen LogP contribution in [0.25, 0.3) is 0 Å². The Morgan fingerprint density at radius 2 is 0.770 bits per heavy atom. The van der Waals surface area contributed by atoms with Crippen molar-refractivity contribution in [1.82, 2.24) is 0 Å². The van der Waals surface area contributed by atoms with Crippen LogP contribution >= 0.6 is 0 Å². The molecule has 0 spiro atoms. The quantitative estimate of drug-likeness (QED) is 0.0410. The van der Waals surface area contributed by atoms with Crippen LogP contribution in [0.15, 0.2) is 97.1 Å². The number of hydrogen-bond acceptors (Lipinski definition) is 8. The minimum Gasteiger partial charge on any atom is -0.506 e. The number of nitrogen functional groups attached to an aromatic ring is 1. The van der Waals surface area contributed by atoms with Gasteiger partial charge in [-0.2, -0.15) is 52.7 Å². The van der Waals surface area contributed by atoms with E-state index in [-0.39, 0.29) is 24.3 Å². The molecule has 0 fully saturated rings. The molecular weight excluding hydrogens is 848 g/mol. The van der Waals surface area contributed by atoms with E-state index in [4.69, 9.17) is 5.73 Å². The van der Waals surface area contributed by atoms with Crippen molar-refractivity contribution >= 4 is 34.6 Å². The van der Waals surface area contributed by atoms with E-state index in [1.54, 1.807) is 0 Å². The van der Waals surface area contributed by atoms with E-state index in [0.29, 0.717) is 48.5 Å². The summed E-state index contributed by atoms with van der Waals surface area (Å²) in [6.45, 7) is 0. The summed E-state index contributed by atoms with van der Waals surface area (Å²) in [6, 6.07) is 7.93. The zero-order chi connectivity index (χ0) is 45.7. The molecule has 0 radical (unpaired) electrons. The topological polar surface area (TPSA) is 177 Å². The van der Waals surface area contributed by atoms with Crippen LogP contribution in [0, 0.1) is 0 Å². The first-order valence-electron chi connectivity index (χ1n) is 16.9. The van der Waals surface area contributed by atoms with Crippen molar-refractivity contribution in [2.24, 2.45) is 0 Å². The average molecular weight is 877 g/mol. The van der Waals surface area contributed by atoms with Gasteiger partial charge in [0.05, 0.1) is 22.7 Å². The first-order valence-corrected chi connectivity index (χ1v) is 16.9. The fraction of sp³-hybridized carbons (Fsp3) is 0.179. The van der Waals surface area contributed by atoms with Crippen molar-refractivity contribution in [3.63, 3.8) is 0 Å². The van der Waals surface area contributed by atoms with Gasteiger partial charge in [-0.25, -0.2) is 0 Å². The third-order valence-electron chi connectivity index (χ3n) is 9.60. The second-order valence-corrected chi connectivity index (χ2v) is 13.2. The molecule has 0 unspecified atom stereocenters. The minimum atomic E-state index is -6.16. The number of anilines is 4. The van der Waals surface area contributed by atoms with Crippen molar-refractivity contribution < 1.29 is 82.7 Å². The lowest BCUT2D eigenvalue weighted by Gasteiger charge is -2.38. The average Bonchev–Trinajstić information content (AvgIpc) is 3.14. The molecule has 0 saturated heterocycles. The number of carbonyl (C=O) groups excluding carboxylic acids is 2. The smallest absolute Gasteiger partial charge is 0.411 e. The van der Waals surface area contributed by atoms with Gasteiger partial charge in [0.1, 0.15) is 23.0 Å². The van der Waals surface area contributed by atoms with Gasteiger partial charge < -0.3 is 42.1 Å². The molecule has 5 rings (SSSR count). The van der Waals surface area contributed by atoms with Crippen molar-refractivity contribution in [3.8, 4) is 23.0 Å². The molecule has 0 heterocycles. The lowest BCUT2D eigenvalue weighted by atomic mass is 9.72. The standard InChI is InChI=1S/C39H28F12N4O6/c1-53-25-15-21(6-10-29(25)57)35(38(46,47)48,39(49,50)51)23-8-12-31(59)27(17-23)55-33(61)19-4-2-3-18(13-19)32(60)54-26-16-22(7-11-30(26)58)34(36(40,41)42,37(43,44)45)20-5-9-28(56)24(52)14-20/h2-17,53,56-59H,52H2,1H3,(H,54,60)(H,55,61). The van der Waals surface area contributed by atoms with Gasteiger partial charge in [-0.3, -0.25) is 9.59 Å². The summed E-state index contributed by atoms with van der Waals surface area (Å²) in [4.78, 5) is 26.6. The van der Waals surface area contributed by atoms with Crippen molar-refractivity contribution in [1.29, 1.82) is 0 Å². The zero-order valence-electron chi connectivity index (χ0n) is 30.5. The number of halogens is 12. The molecule has 2 amide bonds.